The number of hydrogen-bond acceptors (Lipinski definition) is 0. The molecule has 2 aromatic rings. The molecule has 0 radical (unpaired) electrons. The molecule has 19 heavy (non-hydrogen) atoms. The summed E-state index contributed by atoms with van der Waals surface area (Å²) in [7, 11) is 0. The van der Waals surface area contributed by atoms with Crippen molar-refractivity contribution in [2.24, 2.45) is 11.8 Å². The Morgan fingerprint density at radius 1 is 1.00 bits per heavy atom. The molecule has 1 aliphatic carbocycles. The van der Waals surface area contributed by atoms with Crippen LogP contribution in [0.3, 0.4) is 0 Å². The predicted molar refractivity (Wildman–Crippen MR) is 81.5 cm³/mol. The van der Waals surface area contributed by atoms with E-state index >= 15 is 0 Å². The van der Waals surface area contributed by atoms with E-state index in [1.165, 1.54) is 16.7 Å². The predicted octanol–water partition coefficient (Wildman–Crippen LogP) is 5.02. The van der Waals surface area contributed by atoms with E-state index in [1.54, 1.807) is 0 Å². The summed E-state index contributed by atoms with van der Waals surface area (Å²) in [4.78, 5) is 0. The molecule has 0 saturated carbocycles. The van der Waals surface area contributed by atoms with Crippen LogP contribution in [0.2, 0.25) is 0 Å². The smallest absolute Gasteiger partial charge is 0.0616 e. The van der Waals surface area contributed by atoms with Gasteiger partial charge < -0.3 is 0 Å². The number of fused-ring (bicyclic) bond motifs is 1. The molecule has 0 fully saturated rings. The summed E-state index contributed by atoms with van der Waals surface area (Å²) in [5.74, 6) is 1.16. The second-order valence-electron chi connectivity index (χ2n) is 5.61. The van der Waals surface area contributed by atoms with Crippen molar-refractivity contribution in [3.05, 3.63) is 71.3 Å². The molecule has 0 amide bonds. The van der Waals surface area contributed by atoms with Gasteiger partial charge in [0.1, 0.15) is 0 Å². The molecule has 0 heterocycles. The highest BCUT2D eigenvalue weighted by molar-refractivity contribution is 6.21. The number of benzene rings is 2. The monoisotopic (exact) mass is 270 g/mol. The lowest BCUT2D eigenvalue weighted by Gasteiger charge is -2.34. The van der Waals surface area contributed by atoms with Gasteiger partial charge in [0.15, 0.2) is 0 Å². The molecule has 0 bridgehead atoms. The molecule has 0 aliphatic heterocycles. The van der Waals surface area contributed by atoms with Crippen LogP contribution in [0.4, 0.5) is 0 Å². The number of halogens is 1. The molecule has 1 heteroatoms. The van der Waals surface area contributed by atoms with E-state index in [2.05, 4.69) is 61.5 Å². The summed E-state index contributed by atoms with van der Waals surface area (Å²) in [5, 5.41) is 0.152. The standard InChI is InChI=1S/C18H19Cl/c1-13-16(11-14-7-3-2-4-8-14)12-15-9-5-6-10-17(15)18(13)19/h2-10,13,16,18H,11-12H2,1H3. The van der Waals surface area contributed by atoms with E-state index in [-0.39, 0.29) is 5.38 Å². The molecular weight excluding hydrogens is 252 g/mol. The largest absolute Gasteiger partial charge is 0.118 e. The highest BCUT2D eigenvalue weighted by Gasteiger charge is 2.32. The average molecular weight is 271 g/mol. The first-order valence-electron chi connectivity index (χ1n) is 7.01. The summed E-state index contributed by atoms with van der Waals surface area (Å²) >= 11 is 6.66. The normalized spacial score (nSPS) is 25.9. The second kappa shape index (κ2) is 5.38. The first-order valence-corrected chi connectivity index (χ1v) is 7.45. The SMILES string of the molecule is CC1C(Cc2ccccc2)Cc2ccccc2C1Cl. The van der Waals surface area contributed by atoms with Gasteiger partial charge in [-0.15, -0.1) is 11.6 Å². The fourth-order valence-corrected chi connectivity index (χ4v) is 3.57. The van der Waals surface area contributed by atoms with Gasteiger partial charge in [0, 0.05) is 0 Å². The van der Waals surface area contributed by atoms with Gasteiger partial charge in [0.05, 0.1) is 5.38 Å². The van der Waals surface area contributed by atoms with Gasteiger partial charge in [-0.1, -0.05) is 61.5 Å². The van der Waals surface area contributed by atoms with Crippen LogP contribution in [-0.4, -0.2) is 0 Å². The highest BCUT2D eigenvalue weighted by atomic mass is 35.5. The van der Waals surface area contributed by atoms with Crippen LogP contribution in [0.15, 0.2) is 54.6 Å². The van der Waals surface area contributed by atoms with E-state index in [9.17, 15) is 0 Å². The molecule has 0 N–H and O–H groups in total. The summed E-state index contributed by atoms with van der Waals surface area (Å²) < 4.78 is 0. The zero-order valence-electron chi connectivity index (χ0n) is 11.2. The molecule has 2 aromatic carbocycles. The highest BCUT2D eigenvalue weighted by Crippen LogP contribution is 2.43. The topological polar surface area (TPSA) is 0 Å². The van der Waals surface area contributed by atoms with E-state index in [0.29, 0.717) is 11.8 Å². The first-order chi connectivity index (χ1) is 9.25. The van der Waals surface area contributed by atoms with Crippen molar-refractivity contribution < 1.29 is 0 Å². The van der Waals surface area contributed by atoms with Crippen LogP contribution in [0.1, 0.15) is 29.0 Å². The van der Waals surface area contributed by atoms with E-state index in [4.69, 9.17) is 11.6 Å². The lowest BCUT2D eigenvalue weighted by atomic mass is 9.74. The maximum Gasteiger partial charge on any atom is 0.0616 e. The van der Waals surface area contributed by atoms with Crippen LogP contribution >= 0.6 is 11.6 Å². The van der Waals surface area contributed by atoms with Crippen LogP contribution in [0.5, 0.6) is 0 Å². The number of hydrogen-bond donors (Lipinski definition) is 0. The van der Waals surface area contributed by atoms with Crippen molar-refractivity contribution in [1.29, 1.82) is 0 Å². The Balaban J connectivity index is 1.85. The van der Waals surface area contributed by atoms with E-state index in [0.717, 1.165) is 12.8 Å². The lowest BCUT2D eigenvalue weighted by molar-refractivity contribution is 0.322. The summed E-state index contributed by atoms with van der Waals surface area (Å²) in [5.41, 5.74) is 4.19. The minimum Gasteiger partial charge on any atom is -0.118 e. The van der Waals surface area contributed by atoms with Crippen molar-refractivity contribution >= 4 is 11.6 Å². The third-order valence-electron chi connectivity index (χ3n) is 4.38. The maximum absolute atomic E-state index is 6.66. The molecule has 0 nitrogen and oxygen atoms in total. The minimum absolute atomic E-state index is 0.152. The lowest BCUT2D eigenvalue weighted by Crippen LogP contribution is -2.26. The third-order valence-corrected chi connectivity index (χ3v) is 5.01. The van der Waals surface area contributed by atoms with Crippen molar-refractivity contribution in [1.82, 2.24) is 0 Å². The van der Waals surface area contributed by atoms with Crippen LogP contribution in [-0.2, 0) is 12.8 Å². The van der Waals surface area contributed by atoms with Gasteiger partial charge in [-0.25, -0.2) is 0 Å². The quantitative estimate of drug-likeness (QED) is 0.673. The molecule has 3 atom stereocenters. The van der Waals surface area contributed by atoms with Crippen molar-refractivity contribution in [3.63, 3.8) is 0 Å². The number of alkyl halides is 1. The first kappa shape index (κ1) is 12.7. The Morgan fingerprint density at radius 2 is 1.68 bits per heavy atom. The Kier molecular flexibility index (Phi) is 3.61. The van der Waals surface area contributed by atoms with E-state index < -0.39 is 0 Å². The fraction of sp³-hybridized carbons (Fsp3) is 0.333. The van der Waals surface area contributed by atoms with E-state index in [1.807, 2.05) is 0 Å². The zero-order valence-corrected chi connectivity index (χ0v) is 12.0. The van der Waals surface area contributed by atoms with Gasteiger partial charge in [0.2, 0.25) is 0 Å². The van der Waals surface area contributed by atoms with Gasteiger partial charge in [-0.3, -0.25) is 0 Å². The second-order valence-corrected chi connectivity index (χ2v) is 6.08. The molecule has 0 aromatic heterocycles. The van der Waals surface area contributed by atoms with Crippen molar-refractivity contribution in [3.8, 4) is 0 Å². The minimum atomic E-state index is 0.152. The fourth-order valence-electron chi connectivity index (χ4n) is 3.15. The maximum atomic E-state index is 6.66. The number of rotatable bonds is 2. The molecule has 0 spiro atoms. The molecule has 98 valence electrons. The Labute approximate surface area is 120 Å². The summed E-state index contributed by atoms with van der Waals surface area (Å²) in [6.45, 7) is 2.29. The Bertz CT molecular complexity index is 547. The zero-order chi connectivity index (χ0) is 13.2. The summed E-state index contributed by atoms with van der Waals surface area (Å²) in [6.07, 6.45) is 2.27. The molecular formula is C18H19Cl. The molecule has 3 unspecified atom stereocenters. The van der Waals surface area contributed by atoms with Gasteiger partial charge >= 0.3 is 0 Å². The third kappa shape index (κ3) is 2.55. The molecule has 3 rings (SSSR count). The van der Waals surface area contributed by atoms with Crippen LogP contribution in [0, 0.1) is 11.8 Å². The van der Waals surface area contributed by atoms with Crippen molar-refractivity contribution in [2.75, 3.05) is 0 Å². The van der Waals surface area contributed by atoms with Crippen LogP contribution in [0.25, 0.3) is 0 Å². The molecule has 0 saturated heterocycles. The molecule has 1 aliphatic rings. The van der Waals surface area contributed by atoms with Gasteiger partial charge in [0.25, 0.3) is 0 Å². The Morgan fingerprint density at radius 3 is 2.47 bits per heavy atom. The summed E-state index contributed by atoms with van der Waals surface area (Å²) in [6, 6.07) is 19.4. The van der Waals surface area contributed by atoms with Crippen LogP contribution < -0.4 is 0 Å². The van der Waals surface area contributed by atoms with Gasteiger partial charge in [-0.2, -0.15) is 0 Å². The average Bonchev–Trinajstić information content (AvgIpc) is 2.46. The van der Waals surface area contributed by atoms with Gasteiger partial charge in [-0.05, 0) is 41.4 Å². The van der Waals surface area contributed by atoms with Crippen molar-refractivity contribution in [2.45, 2.75) is 25.1 Å². The Hall–Kier alpha value is -1.27.